The van der Waals surface area contributed by atoms with E-state index in [1.165, 1.54) is 13.2 Å². The molecule has 0 aliphatic carbocycles. The molecule has 33 heavy (non-hydrogen) atoms. The number of hydrogen-bond acceptors (Lipinski definition) is 7. The third-order valence-corrected chi connectivity index (χ3v) is 5.26. The van der Waals surface area contributed by atoms with Gasteiger partial charge in [-0.1, -0.05) is 0 Å². The molecule has 2 amide bonds. The number of benzene rings is 1. The highest BCUT2D eigenvalue weighted by Gasteiger charge is 2.33. The van der Waals surface area contributed by atoms with E-state index in [1.807, 2.05) is 0 Å². The second kappa shape index (κ2) is 10.8. The van der Waals surface area contributed by atoms with Gasteiger partial charge in [0.1, 0.15) is 0 Å². The van der Waals surface area contributed by atoms with Crippen molar-refractivity contribution in [3.63, 3.8) is 0 Å². The Labute approximate surface area is 198 Å². The molecule has 3 rings (SSSR count). The van der Waals surface area contributed by atoms with Crippen LogP contribution in [-0.4, -0.2) is 36.7 Å². The lowest BCUT2D eigenvalue weighted by Crippen LogP contribution is -2.45. The molecule has 1 aliphatic heterocycles. The van der Waals surface area contributed by atoms with E-state index in [0.717, 1.165) is 5.56 Å². The molecular formula is C23H22BrN3O6. The molecule has 0 fully saturated rings. The van der Waals surface area contributed by atoms with E-state index in [0.29, 0.717) is 15.7 Å². The fourth-order valence-corrected chi connectivity index (χ4v) is 3.74. The van der Waals surface area contributed by atoms with Gasteiger partial charge in [-0.2, -0.15) is 0 Å². The van der Waals surface area contributed by atoms with Gasteiger partial charge in [0.05, 0.1) is 29.8 Å². The molecule has 10 heteroatoms. The van der Waals surface area contributed by atoms with E-state index in [4.69, 9.17) is 14.2 Å². The van der Waals surface area contributed by atoms with Crippen molar-refractivity contribution in [3.05, 3.63) is 69.6 Å². The van der Waals surface area contributed by atoms with Crippen molar-refractivity contribution < 1.29 is 28.6 Å². The molecule has 0 radical (unpaired) electrons. The van der Waals surface area contributed by atoms with Crippen LogP contribution in [0.25, 0.3) is 6.08 Å². The molecule has 2 N–H and O–H groups in total. The van der Waals surface area contributed by atoms with Gasteiger partial charge >= 0.3 is 18.0 Å². The van der Waals surface area contributed by atoms with Crippen molar-refractivity contribution in [1.82, 2.24) is 15.6 Å². The fourth-order valence-electron chi connectivity index (χ4n) is 3.20. The predicted octanol–water partition coefficient (Wildman–Crippen LogP) is 3.66. The largest absolute Gasteiger partial charge is 0.493 e. The maximum absolute atomic E-state index is 12.5. The van der Waals surface area contributed by atoms with Crippen LogP contribution in [0.4, 0.5) is 4.79 Å². The van der Waals surface area contributed by atoms with Crippen molar-refractivity contribution >= 4 is 40.0 Å². The summed E-state index contributed by atoms with van der Waals surface area (Å²) in [5.41, 5.74) is 1.96. The van der Waals surface area contributed by atoms with Gasteiger partial charge < -0.3 is 24.8 Å². The van der Waals surface area contributed by atoms with E-state index < -0.39 is 24.0 Å². The number of esters is 2. The van der Waals surface area contributed by atoms with Gasteiger partial charge in [-0.25, -0.2) is 14.4 Å². The number of nitrogens with one attached hydrogen (secondary N) is 2. The van der Waals surface area contributed by atoms with Gasteiger partial charge in [-0.3, -0.25) is 4.98 Å². The number of nitrogens with zero attached hydrogens (tertiary/aromatic N) is 1. The van der Waals surface area contributed by atoms with E-state index in [2.05, 4.69) is 31.5 Å². The number of pyridine rings is 1. The van der Waals surface area contributed by atoms with Crippen molar-refractivity contribution in [3.8, 4) is 11.5 Å². The summed E-state index contributed by atoms with van der Waals surface area (Å²) < 4.78 is 16.4. The average Bonchev–Trinajstić information content (AvgIpc) is 2.79. The van der Waals surface area contributed by atoms with Crippen LogP contribution in [-0.2, 0) is 14.3 Å². The lowest BCUT2D eigenvalue weighted by atomic mass is 9.95. The third kappa shape index (κ3) is 5.78. The zero-order chi connectivity index (χ0) is 24.0. The van der Waals surface area contributed by atoms with Crippen LogP contribution in [0.5, 0.6) is 11.5 Å². The third-order valence-electron chi connectivity index (χ3n) is 4.67. The van der Waals surface area contributed by atoms with E-state index in [9.17, 15) is 14.4 Å². The van der Waals surface area contributed by atoms with E-state index >= 15 is 0 Å². The highest BCUT2D eigenvalue weighted by Crippen LogP contribution is 2.40. The SMILES string of the molecule is CCOC(=O)C1=C(C)NC(=O)NC1c1cc(Br)c(OC(=O)/C=C/c2ccncc2)c(OC)c1. The molecule has 0 saturated carbocycles. The second-order valence-corrected chi connectivity index (χ2v) is 7.71. The van der Waals surface area contributed by atoms with Crippen LogP contribution in [0.1, 0.15) is 31.0 Å². The van der Waals surface area contributed by atoms with E-state index in [-0.39, 0.29) is 23.7 Å². The number of urea groups is 1. The number of methoxy groups -OCH3 is 1. The highest BCUT2D eigenvalue weighted by molar-refractivity contribution is 9.10. The van der Waals surface area contributed by atoms with Crippen molar-refractivity contribution in [1.29, 1.82) is 0 Å². The summed E-state index contributed by atoms with van der Waals surface area (Å²) >= 11 is 3.40. The topological polar surface area (TPSA) is 116 Å². The van der Waals surface area contributed by atoms with Gasteiger partial charge in [-0.15, -0.1) is 0 Å². The van der Waals surface area contributed by atoms with Crippen LogP contribution >= 0.6 is 15.9 Å². The maximum atomic E-state index is 12.5. The minimum absolute atomic E-state index is 0.157. The Hall–Kier alpha value is -3.66. The molecule has 1 aromatic carbocycles. The highest BCUT2D eigenvalue weighted by atomic mass is 79.9. The first-order chi connectivity index (χ1) is 15.8. The maximum Gasteiger partial charge on any atom is 0.338 e. The molecule has 1 aliphatic rings. The molecule has 172 valence electrons. The molecule has 0 spiro atoms. The van der Waals surface area contributed by atoms with Crippen LogP contribution < -0.4 is 20.1 Å². The number of aromatic nitrogens is 1. The van der Waals surface area contributed by atoms with Gasteiger partial charge in [0.25, 0.3) is 0 Å². The number of carbonyl (C=O) groups excluding carboxylic acids is 3. The minimum atomic E-state index is -0.792. The Bertz CT molecular complexity index is 1130. The van der Waals surface area contributed by atoms with Crippen molar-refractivity contribution in [2.45, 2.75) is 19.9 Å². The summed E-state index contributed by atoms with van der Waals surface area (Å²) in [6.45, 7) is 3.50. The van der Waals surface area contributed by atoms with Crippen LogP contribution in [0.15, 0.2) is 58.5 Å². The summed E-state index contributed by atoms with van der Waals surface area (Å²) in [7, 11) is 1.42. The molecule has 1 aromatic heterocycles. The fraction of sp³-hybridized carbons (Fsp3) is 0.217. The summed E-state index contributed by atoms with van der Waals surface area (Å²) in [6, 6.07) is 5.47. The zero-order valence-electron chi connectivity index (χ0n) is 18.2. The number of rotatable bonds is 7. The first-order valence-electron chi connectivity index (χ1n) is 9.96. The second-order valence-electron chi connectivity index (χ2n) is 6.86. The molecule has 2 aromatic rings. The standard InChI is InChI=1S/C23H22BrN3O6/c1-4-32-22(29)19-13(2)26-23(30)27-20(19)15-11-16(24)21(17(12-15)31-3)33-18(28)6-5-14-7-9-25-10-8-14/h5-12,20H,4H2,1-3H3,(H2,26,27,30)/b6-5+. The number of carbonyl (C=O) groups is 3. The Morgan fingerprint density at radius 1 is 1.24 bits per heavy atom. The number of allylic oxidation sites excluding steroid dienone is 1. The summed E-state index contributed by atoms with van der Waals surface area (Å²) in [5.74, 6) is -0.779. The molecule has 2 heterocycles. The Kier molecular flexibility index (Phi) is 7.83. The van der Waals surface area contributed by atoms with E-state index in [1.54, 1.807) is 56.6 Å². The number of halogens is 1. The summed E-state index contributed by atoms with van der Waals surface area (Å²) in [5, 5.41) is 5.30. The normalized spacial score (nSPS) is 15.6. The summed E-state index contributed by atoms with van der Waals surface area (Å²) in [4.78, 5) is 40.9. The monoisotopic (exact) mass is 515 g/mol. The lowest BCUT2D eigenvalue weighted by Gasteiger charge is -2.28. The van der Waals surface area contributed by atoms with Crippen LogP contribution in [0.2, 0.25) is 0 Å². The molecular weight excluding hydrogens is 494 g/mol. The lowest BCUT2D eigenvalue weighted by molar-refractivity contribution is -0.139. The zero-order valence-corrected chi connectivity index (χ0v) is 19.8. The van der Waals surface area contributed by atoms with Crippen LogP contribution in [0, 0.1) is 0 Å². The van der Waals surface area contributed by atoms with Gasteiger partial charge in [-0.05, 0) is 71.2 Å². The first-order valence-corrected chi connectivity index (χ1v) is 10.8. The van der Waals surface area contributed by atoms with Crippen LogP contribution in [0.3, 0.4) is 0 Å². The smallest absolute Gasteiger partial charge is 0.338 e. The first kappa shape index (κ1) is 24.0. The van der Waals surface area contributed by atoms with Gasteiger partial charge in [0.15, 0.2) is 11.5 Å². The number of amides is 2. The average molecular weight is 516 g/mol. The molecule has 0 bridgehead atoms. The van der Waals surface area contributed by atoms with Crippen molar-refractivity contribution in [2.24, 2.45) is 0 Å². The molecule has 0 saturated heterocycles. The van der Waals surface area contributed by atoms with Gasteiger partial charge in [0, 0.05) is 24.2 Å². The quantitative estimate of drug-likeness (QED) is 0.328. The molecule has 1 atom stereocenters. The summed E-state index contributed by atoms with van der Waals surface area (Å²) in [6.07, 6.45) is 6.11. The molecule has 9 nitrogen and oxygen atoms in total. The van der Waals surface area contributed by atoms with Crippen molar-refractivity contribution in [2.75, 3.05) is 13.7 Å². The number of hydrogen-bond donors (Lipinski definition) is 2. The predicted molar refractivity (Wildman–Crippen MR) is 123 cm³/mol. The number of ether oxygens (including phenoxy) is 3. The van der Waals surface area contributed by atoms with Gasteiger partial charge in [0.2, 0.25) is 0 Å². The molecule has 1 unspecified atom stereocenters. The Morgan fingerprint density at radius 2 is 1.97 bits per heavy atom. The Morgan fingerprint density at radius 3 is 2.64 bits per heavy atom. The minimum Gasteiger partial charge on any atom is -0.493 e. The Balaban J connectivity index is 1.91.